The predicted octanol–water partition coefficient (Wildman–Crippen LogP) is 3.19. The van der Waals surface area contributed by atoms with Crippen molar-refractivity contribution < 1.29 is 9.53 Å². The third-order valence-electron chi connectivity index (χ3n) is 3.47. The van der Waals surface area contributed by atoms with Crippen molar-refractivity contribution in [3.63, 3.8) is 0 Å². The molecule has 0 radical (unpaired) electrons. The Balaban J connectivity index is 2.03. The number of anilines is 1. The number of hydrogen-bond donors (Lipinski definition) is 2. The summed E-state index contributed by atoms with van der Waals surface area (Å²) in [6, 6.07) is 5.24. The Hall–Kier alpha value is -1.26. The van der Waals surface area contributed by atoms with Gasteiger partial charge < -0.3 is 15.8 Å². The van der Waals surface area contributed by atoms with Crippen LogP contribution in [0.15, 0.2) is 18.2 Å². The molecule has 0 saturated heterocycles. The van der Waals surface area contributed by atoms with Crippen molar-refractivity contribution in [2.45, 2.75) is 45.3 Å². The van der Waals surface area contributed by atoms with Gasteiger partial charge in [0.2, 0.25) is 5.91 Å². The molecule has 1 fully saturated rings. The molecule has 0 aliphatic heterocycles. The van der Waals surface area contributed by atoms with E-state index in [1.165, 1.54) is 0 Å². The lowest BCUT2D eigenvalue weighted by atomic mass is 10.0. The number of ether oxygens (including phenoxy) is 1. The second-order valence-electron chi connectivity index (χ2n) is 5.50. The predicted molar refractivity (Wildman–Crippen MR) is 81.2 cm³/mol. The Morgan fingerprint density at radius 1 is 1.45 bits per heavy atom. The van der Waals surface area contributed by atoms with Gasteiger partial charge in [0.1, 0.15) is 5.75 Å². The average Bonchev–Trinajstić information content (AvgIpc) is 2.78. The summed E-state index contributed by atoms with van der Waals surface area (Å²) >= 11 is 6.14. The summed E-state index contributed by atoms with van der Waals surface area (Å²) in [5, 5.41) is 3.37. The maximum Gasteiger partial charge on any atom is 0.229 e. The highest BCUT2D eigenvalue weighted by molar-refractivity contribution is 6.32. The number of halogens is 1. The van der Waals surface area contributed by atoms with E-state index in [1.54, 1.807) is 18.2 Å². The largest absolute Gasteiger partial charge is 0.489 e. The highest BCUT2D eigenvalue weighted by Gasteiger charge is 2.30. The minimum atomic E-state index is -0.0969. The van der Waals surface area contributed by atoms with Gasteiger partial charge in [-0.15, -0.1) is 0 Å². The third kappa shape index (κ3) is 3.64. The highest BCUT2D eigenvalue weighted by Crippen LogP contribution is 2.30. The van der Waals surface area contributed by atoms with E-state index in [1.807, 2.05) is 13.8 Å². The molecule has 0 heterocycles. The average molecular weight is 297 g/mol. The minimum absolute atomic E-state index is 0.0244. The van der Waals surface area contributed by atoms with E-state index in [2.05, 4.69) is 5.32 Å². The highest BCUT2D eigenvalue weighted by atomic mass is 35.5. The van der Waals surface area contributed by atoms with Gasteiger partial charge in [0.25, 0.3) is 0 Å². The van der Waals surface area contributed by atoms with Gasteiger partial charge in [-0.2, -0.15) is 0 Å². The fourth-order valence-corrected chi connectivity index (χ4v) is 2.70. The zero-order valence-corrected chi connectivity index (χ0v) is 12.6. The van der Waals surface area contributed by atoms with Crippen molar-refractivity contribution in [3.05, 3.63) is 23.2 Å². The topological polar surface area (TPSA) is 64.3 Å². The zero-order chi connectivity index (χ0) is 14.7. The van der Waals surface area contributed by atoms with Gasteiger partial charge in [0, 0.05) is 11.7 Å². The van der Waals surface area contributed by atoms with Gasteiger partial charge in [-0.1, -0.05) is 18.0 Å². The van der Waals surface area contributed by atoms with Crippen molar-refractivity contribution in [2.24, 2.45) is 11.7 Å². The summed E-state index contributed by atoms with van der Waals surface area (Å²) in [6.07, 6.45) is 2.85. The van der Waals surface area contributed by atoms with Gasteiger partial charge in [0.15, 0.2) is 0 Å². The van der Waals surface area contributed by atoms with Crippen LogP contribution in [-0.4, -0.2) is 18.1 Å². The number of nitrogens with one attached hydrogen (secondary N) is 1. The van der Waals surface area contributed by atoms with Crippen LogP contribution < -0.4 is 15.8 Å². The number of rotatable bonds is 4. The standard InChI is InChI=1S/C15H21ClN2O2/c1-9(2)20-14-7-6-10(8-12(14)16)18-15(19)11-4-3-5-13(11)17/h6-9,11,13H,3-5,17H2,1-2H3,(H,18,19). The molecule has 3 N–H and O–H groups in total. The van der Waals surface area contributed by atoms with Crippen LogP contribution in [-0.2, 0) is 4.79 Å². The van der Waals surface area contributed by atoms with Crippen molar-refractivity contribution in [1.29, 1.82) is 0 Å². The van der Waals surface area contributed by atoms with E-state index in [-0.39, 0.29) is 24.0 Å². The fourth-order valence-electron chi connectivity index (χ4n) is 2.48. The first kappa shape index (κ1) is 15.1. The Morgan fingerprint density at radius 2 is 2.20 bits per heavy atom. The number of carbonyl (C=O) groups excluding carboxylic acids is 1. The van der Waals surface area contributed by atoms with Gasteiger partial charge in [-0.3, -0.25) is 4.79 Å². The maximum atomic E-state index is 12.1. The van der Waals surface area contributed by atoms with Crippen LogP contribution in [0.2, 0.25) is 5.02 Å². The molecule has 2 unspecified atom stereocenters. The van der Waals surface area contributed by atoms with E-state index >= 15 is 0 Å². The number of carbonyl (C=O) groups is 1. The second-order valence-corrected chi connectivity index (χ2v) is 5.91. The molecule has 1 aromatic carbocycles. The Kier molecular flexibility index (Phi) is 4.89. The molecule has 1 aliphatic rings. The van der Waals surface area contributed by atoms with Crippen molar-refractivity contribution in [2.75, 3.05) is 5.32 Å². The van der Waals surface area contributed by atoms with Crippen LogP contribution in [0, 0.1) is 5.92 Å². The van der Waals surface area contributed by atoms with Gasteiger partial charge >= 0.3 is 0 Å². The lowest BCUT2D eigenvalue weighted by Crippen LogP contribution is -2.34. The summed E-state index contributed by atoms with van der Waals surface area (Å²) in [7, 11) is 0. The Labute approximate surface area is 124 Å². The maximum absolute atomic E-state index is 12.1. The molecule has 0 aromatic heterocycles. The lowest BCUT2D eigenvalue weighted by Gasteiger charge is -2.16. The van der Waals surface area contributed by atoms with Gasteiger partial charge in [-0.05, 0) is 44.9 Å². The Morgan fingerprint density at radius 3 is 2.75 bits per heavy atom. The molecule has 1 amide bonds. The first-order valence-electron chi connectivity index (χ1n) is 7.00. The molecule has 0 bridgehead atoms. The summed E-state index contributed by atoms with van der Waals surface area (Å²) in [4.78, 5) is 12.1. The van der Waals surface area contributed by atoms with Crippen LogP contribution in [0.1, 0.15) is 33.1 Å². The lowest BCUT2D eigenvalue weighted by molar-refractivity contribution is -0.120. The summed E-state index contributed by atoms with van der Waals surface area (Å²) in [5.41, 5.74) is 6.61. The first-order valence-corrected chi connectivity index (χ1v) is 7.38. The summed E-state index contributed by atoms with van der Waals surface area (Å²) < 4.78 is 5.56. The molecule has 5 heteroatoms. The van der Waals surface area contributed by atoms with Gasteiger partial charge in [-0.25, -0.2) is 0 Å². The van der Waals surface area contributed by atoms with Crippen molar-refractivity contribution in [3.8, 4) is 5.75 Å². The molecule has 1 aromatic rings. The van der Waals surface area contributed by atoms with E-state index in [0.717, 1.165) is 19.3 Å². The molecule has 1 saturated carbocycles. The summed E-state index contributed by atoms with van der Waals surface area (Å²) in [6.45, 7) is 3.88. The molecule has 2 atom stereocenters. The third-order valence-corrected chi connectivity index (χ3v) is 3.76. The van der Waals surface area contributed by atoms with E-state index in [4.69, 9.17) is 22.1 Å². The molecule has 2 rings (SSSR count). The monoisotopic (exact) mass is 296 g/mol. The second kappa shape index (κ2) is 6.46. The van der Waals surface area contributed by atoms with Crippen molar-refractivity contribution >= 4 is 23.2 Å². The molecule has 20 heavy (non-hydrogen) atoms. The van der Waals surface area contributed by atoms with Crippen LogP contribution in [0.5, 0.6) is 5.75 Å². The molecular formula is C15H21ClN2O2. The van der Waals surface area contributed by atoms with E-state index in [9.17, 15) is 4.79 Å². The Bertz CT molecular complexity index is 491. The smallest absolute Gasteiger partial charge is 0.229 e. The molecule has 110 valence electrons. The molecule has 1 aliphatic carbocycles. The van der Waals surface area contributed by atoms with Gasteiger partial charge in [0.05, 0.1) is 17.0 Å². The molecule has 4 nitrogen and oxygen atoms in total. The zero-order valence-electron chi connectivity index (χ0n) is 11.9. The van der Waals surface area contributed by atoms with Crippen molar-refractivity contribution in [1.82, 2.24) is 0 Å². The van der Waals surface area contributed by atoms with Crippen LogP contribution >= 0.6 is 11.6 Å². The normalized spacial score (nSPS) is 22.1. The number of amides is 1. The molecular weight excluding hydrogens is 276 g/mol. The van der Waals surface area contributed by atoms with Crippen LogP contribution in [0.3, 0.4) is 0 Å². The minimum Gasteiger partial charge on any atom is -0.489 e. The quantitative estimate of drug-likeness (QED) is 0.897. The fraction of sp³-hybridized carbons (Fsp3) is 0.533. The van der Waals surface area contributed by atoms with Crippen LogP contribution in [0.25, 0.3) is 0 Å². The van der Waals surface area contributed by atoms with E-state index in [0.29, 0.717) is 16.5 Å². The summed E-state index contributed by atoms with van der Waals surface area (Å²) in [5.74, 6) is 0.501. The molecule has 0 spiro atoms. The van der Waals surface area contributed by atoms with Crippen LogP contribution in [0.4, 0.5) is 5.69 Å². The number of nitrogens with two attached hydrogens (primary N) is 1. The number of benzene rings is 1. The number of hydrogen-bond acceptors (Lipinski definition) is 3. The van der Waals surface area contributed by atoms with E-state index < -0.39 is 0 Å². The first-order chi connectivity index (χ1) is 9.47. The SMILES string of the molecule is CC(C)Oc1ccc(NC(=O)C2CCCC2N)cc1Cl.